The van der Waals surface area contributed by atoms with Gasteiger partial charge >= 0.3 is 5.97 Å². The van der Waals surface area contributed by atoms with Gasteiger partial charge in [-0.15, -0.1) is 0 Å². The Morgan fingerprint density at radius 3 is 2.68 bits per heavy atom. The molecule has 1 aromatic heterocycles. The van der Waals surface area contributed by atoms with E-state index in [0.29, 0.717) is 22.2 Å². The van der Waals surface area contributed by atoms with Crippen LogP contribution >= 0.6 is 11.3 Å². The number of fused-ring (bicyclic) bond motifs is 1. The van der Waals surface area contributed by atoms with Crippen LogP contribution in [0.3, 0.4) is 0 Å². The first-order chi connectivity index (χ1) is 12.1. The molecule has 0 radical (unpaired) electrons. The maximum Gasteiger partial charge on any atom is 0.337 e. The third-order valence-corrected chi connectivity index (χ3v) is 4.48. The van der Waals surface area contributed by atoms with Gasteiger partial charge in [0.2, 0.25) is 5.13 Å². The fourth-order valence-corrected chi connectivity index (χ4v) is 3.11. The largest absolute Gasteiger partial charge is 0.497 e. The lowest BCUT2D eigenvalue weighted by Gasteiger charge is -2.06. The molecule has 7 heteroatoms. The Morgan fingerprint density at radius 1 is 1.12 bits per heavy atom. The molecule has 0 unspecified atom stereocenters. The summed E-state index contributed by atoms with van der Waals surface area (Å²) in [5, 5.41) is 0.592. The first kappa shape index (κ1) is 16.9. The number of aromatic nitrogens is 1. The summed E-state index contributed by atoms with van der Waals surface area (Å²) >= 11 is 1.40. The fourth-order valence-electron chi connectivity index (χ4n) is 2.26. The van der Waals surface area contributed by atoms with Crippen LogP contribution in [0.2, 0.25) is 0 Å². The van der Waals surface area contributed by atoms with E-state index in [-0.39, 0.29) is 5.97 Å². The summed E-state index contributed by atoms with van der Waals surface area (Å²) in [4.78, 5) is 20.5. The van der Waals surface area contributed by atoms with Crippen molar-refractivity contribution in [2.45, 2.75) is 0 Å². The third-order valence-electron chi connectivity index (χ3n) is 3.55. The lowest BCUT2D eigenvalue weighted by molar-refractivity contribution is 0.0601. The summed E-state index contributed by atoms with van der Waals surface area (Å²) < 4.78 is 16.1. The van der Waals surface area contributed by atoms with Crippen LogP contribution in [0.5, 0.6) is 11.5 Å². The maximum absolute atomic E-state index is 11.6. The van der Waals surface area contributed by atoms with Crippen LogP contribution in [0.15, 0.2) is 41.4 Å². The van der Waals surface area contributed by atoms with Crippen LogP contribution in [0.4, 0.5) is 5.13 Å². The van der Waals surface area contributed by atoms with Crippen molar-refractivity contribution < 1.29 is 19.0 Å². The van der Waals surface area contributed by atoms with E-state index in [4.69, 9.17) is 14.2 Å². The van der Waals surface area contributed by atoms with Gasteiger partial charge in [-0.05, 0) is 30.3 Å². The molecule has 0 atom stereocenters. The van der Waals surface area contributed by atoms with Gasteiger partial charge < -0.3 is 14.2 Å². The van der Waals surface area contributed by atoms with Crippen molar-refractivity contribution in [1.82, 2.24) is 4.98 Å². The highest BCUT2D eigenvalue weighted by Crippen LogP contribution is 2.30. The highest BCUT2D eigenvalue weighted by atomic mass is 32.1. The number of benzene rings is 2. The molecule has 0 aliphatic heterocycles. The quantitative estimate of drug-likeness (QED) is 0.513. The minimum absolute atomic E-state index is 0.372. The van der Waals surface area contributed by atoms with E-state index in [9.17, 15) is 4.79 Å². The number of thiazole rings is 1. The van der Waals surface area contributed by atoms with Gasteiger partial charge in [-0.25, -0.2) is 14.8 Å². The molecule has 3 rings (SSSR count). The molecule has 128 valence electrons. The van der Waals surface area contributed by atoms with Gasteiger partial charge in [-0.3, -0.25) is 0 Å². The van der Waals surface area contributed by atoms with Crippen LogP contribution < -0.4 is 9.47 Å². The zero-order valence-electron chi connectivity index (χ0n) is 14.0. The van der Waals surface area contributed by atoms with Gasteiger partial charge in [0.1, 0.15) is 11.5 Å². The Bertz CT molecular complexity index is 949. The van der Waals surface area contributed by atoms with E-state index in [1.165, 1.54) is 18.4 Å². The average Bonchev–Trinajstić information content (AvgIpc) is 3.07. The fraction of sp³-hybridized carbons (Fsp3) is 0.167. The number of carbonyl (C=O) groups excluding carboxylic acids is 1. The van der Waals surface area contributed by atoms with Gasteiger partial charge in [0.25, 0.3) is 0 Å². The van der Waals surface area contributed by atoms with Crippen LogP contribution in [0.1, 0.15) is 15.9 Å². The van der Waals surface area contributed by atoms with Crippen molar-refractivity contribution in [3.05, 3.63) is 47.5 Å². The number of methoxy groups -OCH3 is 3. The number of aliphatic imine (C=N–C) groups is 1. The Balaban J connectivity index is 1.90. The van der Waals surface area contributed by atoms with Gasteiger partial charge in [-0.1, -0.05) is 11.3 Å². The molecule has 0 fully saturated rings. The molecule has 0 spiro atoms. The molecule has 0 bridgehead atoms. The summed E-state index contributed by atoms with van der Waals surface area (Å²) in [5.41, 5.74) is 2.09. The Morgan fingerprint density at radius 2 is 1.96 bits per heavy atom. The topological polar surface area (TPSA) is 70.0 Å². The third kappa shape index (κ3) is 3.61. The zero-order chi connectivity index (χ0) is 17.8. The Labute approximate surface area is 148 Å². The molecular formula is C18H16N2O4S. The van der Waals surface area contributed by atoms with Crippen molar-refractivity contribution in [3.63, 3.8) is 0 Å². The molecule has 25 heavy (non-hydrogen) atoms. The predicted octanol–water partition coefficient (Wildman–Crippen LogP) is 3.85. The van der Waals surface area contributed by atoms with Crippen LogP contribution in [-0.2, 0) is 4.74 Å². The van der Waals surface area contributed by atoms with Crippen molar-refractivity contribution in [2.24, 2.45) is 4.99 Å². The molecule has 0 aliphatic rings. The van der Waals surface area contributed by atoms with Gasteiger partial charge in [0.05, 0.1) is 37.1 Å². The van der Waals surface area contributed by atoms with Crippen molar-refractivity contribution >= 4 is 38.9 Å². The lowest BCUT2D eigenvalue weighted by atomic mass is 10.2. The first-order valence-corrected chi connectivity index (χ1v) is 8.21. The molecule has 6 nitrogen and oxygen atoms in total. The molecule has 0 N–H and O–H groups in total. The highest BCUT2D eigenvalue weighted by molar-refractivity contribution is 7.22. The van der Waals surface area contributed by atoms with Gasteiger partial charge in [-0.2, -0.15) is 0 Å². The monoisotopic (exact) mass is 356 g/mol. The normalized spacial score (nSPS) is 11.0. The number of rotatable bonds is 5. The molecule has 3 aromatic rings. The molecule has 1 heterocycles. The van der Waals surface area contributed by atoms with E-state index >= 15 is 0 Å². The standard InChI is InChI=1S/C18H16N2O4S/c1-22-13-6-4-12(15(9-13)23-2)10-19-18-20-14-7-5-11(17(21)24-3)8-16(14)25-18/h4-10H,1-3H3/b19-10+. The number of hydrogen-bond acceptors (Lipinski definition) is 7. The number of esters is 1. The zero-order valence-corrected chi connectivity index (χ0v) is 14.8. The molecule has 0 amide bonds. The number of nitrogens with zero attached hydrogens (tertiary/aromatic N) is 2. The summed E-state index contributed by atoms with van der Waals surface area (Å²) in [7, 11) is 4.56. The van der Waals surface area contributed by atoms with Crippen LogP contribution in [0, 0.1) is 0 Å². The molecule has 0 aliphatic carbocycles. The maximum atomic E-state index is 11.6. The van der Waals surface area contributed by atoms with Crippen LogP contribution in [-0.4, -0.2) is 38.5 Å². The van der Waals surface area contributed by atoms with Crippen molar-refractivity contribution in [3.8, 4) is 11.5 Å². The van der Waals surface area contributed by atoms with Gasteiger partial charge in [0, 0.05) is 17.8 Å². The van der Waals surface area contributed by atoms with E-state index in [1.54, 1.807) is 44.7 Å². The number of ether oxygens (including phenoxy) is 3. The lowest BCUT2D eigenvalue weighted by Crippen LogP contribution is -1.99. The second-order valence-electron chi connectivity index (χ2n) is 5.04. The predicted molar refractivity (Wildman–Crippen MR) is 97.8 cm³/mol. The summed E-state index contributed by atoms with van der Waals surface area (Å²) in [6.07, 6.45) is 1.69. The molecule has 2 aromatic carbocycles. The number of hydrogen-bond donors (Lipinski definition) is 0. The Kier molecular flexibility index (Phi) is 4.95. The highest BCUT2D eigenvalue weighted by Gasteiger charge is 2.09. The molecule has 0 saturated heterocycles. The second kappa shape index (κ2) is 7.31. The summed E-state index contributed by atoms with van der Waals surface area (Å²) in [6, 6.07) is 10.7. The Hall–Kier alpha value is -2.93. The van der Waals surface area contributed by atoms with Crippen LogP contribution in [0.25, 0.3) is 10.2 Å². The van der Waals surface area contributed by atoms with E-state index in [1.807, 2.05) is 12.1 Å². The van der Waals surface area contributed by atoms with Crippen molar-refractivity contribution in [1.29, 1.82) is 0 Å². The van der Waals surface area contributed by atoms with E-state index in [2.05, 4.69) is 9.98 Å². The summed E-state index contributed by atoms with van der Waals surface area (Å²) in [5.74, 6) is 1.00. The van der Waals surface area contributed by atoms with E-state index in [0.717, 1.165) is 15.8 Å². The number of carbonyl (C=O) groups is 1. The minimum atomic E-state index is -0.372. The SMILES string of the molecule is COC(=O)c1ccc2nc(/N=C/c3ccc(OC)cc3OC)sc2c1. The van der Waals surface area contributed by atoms with Gasteiger partial charge in [0.15, 0.2) is 0 Å². The summed E-state index contributed by atoms with van der Waals surface area (Å²) in [6.45, 7) is 0. The smallest absolute Gasteiger partial charge is 0.337 e. The molecule has 0 saturated carbocycles. The second-order valence-corrected chi connectivity index (χ2v) is 6.05. The average molecular weight is 356 g/mol. The molecular weight excluding hydrogens is 340 g/mol. The van der Waals surface area contributed by atoms with Crippen molar-refractivity contribution in [2.75, 3.05) is 21.3 Å². The first-order valence-electron chi connectivity index (χ1n) is 7.39. The van der Waals surface area contributed by atoms with E-state index < -0.39 is 0 Å². The minimum Gasteiger partial charge on any atom is -0.497 e.